The van der Waals surface area contributed by atoms with Crippen LogP contribution in [0.3, 0.4) is 0 Å². The number of hydrogen-bond donors (Lipinski definition) is 2. The monoisotopic (exact) mass is 496 g/mol. The number of rotatable bonds is 6. The summed E-state index contributed by atoms with van der Waals surface area (Å²) in [6, 6.07) is 11.9. The van der Waals surface area contributed by atoms with Crippen LogP contribution in [0.25, 0.3) is 0 Å². The van der Waals surface area contributed by atoms with Gasteiger partial charge >= 0.3 is 0 Å². The number of aromatic nitrogens is 2. The zero-order chi connectivity index (χ0) is 19.2. The lowest BCUT2D eigenvalue weighted by Gasteiger charge is -2.19. The van der Waals surface area contributed by atoms with Crippen LogP contribution in [0, 0.1) is 13.8 Å². The van der Waals surface area contributed by atoms with E-state index in [4.69, 9.17) is 0 Å². The molecular formula is C20H29IN6O. The Morgan fingerprint density at radius 2 is 2.04 bits per heavy atom. The Labute approximate surface area is 183 Å². The van der Waals surface area contributed by atoms with Crippen molar-refractivity contribution in [2.75, 3.05) is 25.0 Å². The number of aryl methyl sites for hydroxylation is 3. The fourth-order valence-electron chi connectivity index (χ4n) is 3.39. The maximum Gasteiger partial charge on any atom is 0.229 e. The fraction of sp³-hybridized carbons (Fsp3) is 0.450. The van der Waals surface area contributed by atoms with Crippen LogP contribution >= 0.6 is 24.0 Å². The number of nitrogens with one attached hydrogen (secondary N) is 2. The van der Waals surface area contributed by atoms with Gasteiger partial charge in [0.15, 0.2) is 5.96 Å². The number of carbonyl (C=O) groups excluding carboxylic acids is 1. The van der Waals surface area contributed by atoms with Gasteiger partial charge in [0.1, 0.15) is 0 Å². The summed E-state index contributed by atoms with van der Waals surface area (Å²) in [6.45, 7) is 6.39. The van der Waals surface area contributed by atoms with Crippen LogP contribution in [-0.4, -0.2) is 47.8 Å². The Balaban J connectivity index is 0.00000280. The Kier molecular flexibility index (Phi) is 8.28. The molecule has 1 aromatic heterocycles. The summed E-state index contributed by atoms with van der Waals surface area (Å²) in [5.41, 5.74) is 3.17. The first-order valence-electron chi connectivity index (χ1n) is 9.40. The molecule has 1 fully saturated rings. The Morgan fingerprint density at radius 1 is 1.29 bits per heavy atom. The minimum Gasteiger partial charge on any atom is -0.356 e. The molecule has 1 aliphatic rings. The van der Waals surface area contributed by atoms with Crippen molar-refractivity contribution in [2.24, 2.45) is 4.99 Å². The molecule has 8 heteroatoms. The molecule has 28 heavy (non-hydrogen) atoms. The highest BCUT2D eigenvalue weighted by Gasteiger charge is 2.30. The van der Waals surface area contributed by atoms with Crippen molar-refractivity contribution in [2.45, 2.75) is 39.3 Å². The first kappa shape index (κ1) is 22.2. The van der Waals surface area contributed by atoms with Gasteiger partial charge in [0.2, 0.25) is 5.91 Å². The van der Waals surface area contributed by atoms with E-state index >= 15 is 0 Å². The van der Waals surface area contributed by atoms with Gasteiger partial charge in [-0.15, -0.1) is 24.0 Å². The number of carbonyl (C=O) groups is 1. The lowest BCUT2D eigenvalue weighted by atomic mass is 10.2. The highest BCUT2D eigenvalue weighted by Crippen LogP contribution is 2.20. The summed E-state index contributed by atoms with van der Waals surface area (Å²) in [4.78, 5) is 18.4. The quantitative estimate of drug-likeness (QED) is 0.279. The topological polar surface area (TPSA) is 74.5 Å². The predicted octanol–water partition coefficient (Wildman–Crippen LogP) is 2.48. The summed E-state index contributed by atoms with van der Waals surface area (Å²) < 4.78 is 2.03. The molecule has 1 aromatic carbocycles. The van der Waals surface area contributed by atoms with E-state index in [-0.39, 0.29) is 35.9 Å². The second kappa shape index (κ2) is 10.4. The minimum atomic E-state index is 0. The summed E-state index contributed by atoms with van der Waals surface area (Å²) in [6.07, 6.45) is 1.42. The number of amides is 1. The number of anilines is 1. The second-order valence-corrected chi connectivity index (χ2v) is 6.89. The van der Waals surface area contributed by atoms with E-state index in [9.17, 15) is 4.79 Å². The molecule has 2 heterocycles. The molecule has 1 amide bonds. The van der Waals surface area contributed by atoms with Gasteiger partial charge in [0, 0.05) is 44.5 Å². The average molecular weight is 496 g/mol. The molecule has 0 radical (unpaired) electrons. The third-order valence-electron chi connectivity index (χ3n) is 4.70. The smallest absolute Gasteiger partial charge is 0.229 e. The third kappa shape index (κ3) is 5.70. The van der Waals surface area contributed by atoms with Gasteiger partial charge in [0.25, 0.3) is 0 Å². The third-order valence-corrected chi connectivity index (χ3v) is 4.70. The molecule has 1 aliphatic heterocycles. The van der Waals surface area contributed by atoms with Gasteiger partial charge in [0.05, 0.1) is 11.7 Å². The van der Waals surface area contributed by atoms with Crippen LogP contribution < -0.4 is 15.5 Å². The molecule has 1 unspecified atom stereocenters. The number of guanidine groups is 1. The first-order valence-corrected chi connectivity index (χ1v) is 9.40. The van der Waals surface area contributed by atoms with Crippen molar-refractivity contribution >= 4 is 41.5 Å². The van der Waals surface area contributed by atoms with Crippen LogP contribution in [0.2, 0.25) is 0 Å². The summed E-state index contributed by atoms with van der Waals surface area (Å²) in [5, 5.41) is 11.2. The predicted molar refractivity (Wildman–Crippen MR) is 123 cm³/mol. The van der Waals surface area contributed by atoms with E-state index in [1.165, 1.54) is 5.69 Å². The number of para-hydroxylation sites is 1. The van der Waals surface area contributed by atoms with Gasteiger partial charge in [-0.3, -0.25) is 14.5 Å². The maximum atomic E-state index is 12.3. The lowest BCUT2D eigenvalue weighted by molar-refractivity contribution is -0.117. The zero-order valence-corrected chi connectivity index (χ0v) is 19.0. The SMILES string of the molecule is CN=C(NCCCn1nc(C)cc1C)NC1CC(=O)N(c2ccccc2)C1.I. The number of benzene rings is 1. The lowest BCUT2D eigenvalue weighted by Crippen LogP contribution is -2.45. The Morgan fingerprint density at radius 3 is 2.68 bits per heavy atom. The van der Waals surface area contributed by atoms with Crippen LogP contribution in [-0.2, 0) is 11.3 Å². The van der Waals surface area contributed by atoms with E-state index < -0.39 is 0 Å². The van der Waals surface area contributed by atoms with Gasteiger partial charge < -0.3 is 15.5 Å². The Bertz CT molecular complexity index is 804. The molecule has 0 aliphatic carbocycles. The number of halogens is 1. The Hall–Kier alpha value is -2.10. The van der Waals surface area contributed by atoms with Crippen molar-refractivity contribution in [1.29, 1.82) is 0 Å². The molecule has 0 bridgehead atoms. The standard InChI is InChI=1S/C20H28N6O.HI/c1-15-12-16(2)26(24-15)11-7-10-22-20(21-3)23-17-13-19(27)25(14-17)18-8-5-4-6-9-18;/h4-6,8-9,12,17H,7,10-11,13-14H2,1-3H3,(H2,21,22,23);1H. The largest absolute Gasteiger partial charge is 0.356 e. The fourth-order valence-corrected chi connectivity index (χ4v) is 3.39. The van der Waals surface area contributed by atoms with Crippen LogP contribution in [0.15, 0.2) is 41.4 Å². The maximum absolute atomic E-state index is 12.3. The van der Waals surface area contributed by atoms with E-state index in [0.29, 0.717) is 13.0 Å². The van der Waals surface area contributed by atoms with Crippen molar-refractivity contribution in [3.63, 3.8) is 0 Å². The van der Waals surface area contributed by atoms with Gasteiger partial charge in [-0.2, -0.15) is 5.10 Å². The van der Waals surface area contributed by atoms with Crippen molar-refractivity contribution in [1.82, 2.24) is 20.4 Å². The first-order chi connectivity index (χ1) is 13.1. The van der Waals surface area contributed by atoms with Crippen molar-refractivity contribution in [3.05, 3.63) is 47.8 Å². The highest BCUT2D eigenvalue weighted by molar-refractivity contribution is 14.0. The molecule has 152 valence electrons. The zero-order valence-electron chi connectivity index (χ0n) is 16.7. The van der Waals surface area contributed by atoms with E-state index in [0.717, 1.165) is 36.9 Å². The normalized spacial score (nSPS) is 16.8. The number of hydrogen-bond acceptors (Lipinski definition) is 3. The molecule has 1 atom stereocenters. The minimum absolute atomic E-state index is 0. The van der Waals surface area contributed by atoms with E-state index in [1.807, 2.05) is 46.8 Å². The summed E-state index contributed by atoms with van der Waals surface area (Å²) >= 11 is 0. The van der Waals surface area contributed by atoms with Gasteiger partial charge in [-0.05, 0) is 38.5 Å². The number of nitrogens with zero attached hydrogens (tertiary/aromatic N) is 4. The number of aliphatic imine (C=N–C) groups is 1. The molecule has 0 saturated carbocycles. The summed E-state index contributed by atoms with van der Waals surface area (Å²) in [5.74, 6) is 0.870. The average Bonchev–Trinajstić information content (AvgIpc) is 3.19. The van der Waals surface area contributed by atoms with Crippen molar-refractivity contribution in [3.8, 4) is 0 Å². The molecule has 3 rings (SSSR count). The van der Waals surface area contributed by atoms with Gasteiger partial charge in [-0.25, -0.2) is 0 Å². The molecule has 0 spiro atoms. The van der Waals surface area contributed by atoms with Crippen LogP contribution in [0.4, 0.5) is 5.69 Å². The van der Waals surface area contributed by atoms with E-state index in [1.54, 1.807) is 7.05 Å². The summed E-state index contributed by atoms with van der Waals surface area (Å²) in [7, 11) is 1.75. The van der Waals surface area contributed by atoms with Gasteiger partial charge in [-0.1, -0.05) is 18.2 Å². The second-order valence-electron chi connectivity index (χ2n) is 6.89. The molecular weight excluding hydrogens is 467 g/mol. The highest BCUT2D eigenvalue weighted by atomic mass is 127. The molecule has 1 saturated heterocycles. The van der Waals surface area contributed by atoms with Crippen LogP contribution in [0.5, 0.6) is 0 Å². The van der Waals surface area contributed by atoms with E-state index in [2.05, 4.69) is 33.7 Å². The molecule has 7 nitrogen and oxygen atoms in total. The molecule has 2 N–H and O–H groups in total. The van der Waals surface area contributed by atoms with Crippen LogP contribution in [0.1, 0.15) is 24.2 Å². The molecule has 2 aromatic rings. The van der Waals surface area contributed by atoms with Crippen molar-refractivity contribution < 1.29 is 4.79 Å².